The number of ether oxygens (including phenoxy) is 1. The highest BCUT2D eigenvalue weighted by Crippen LogP contribution is 2.26. The average molecular weight is 240 g/mol. The minimum Gasteiger partial charge on any atom is -0.379 e. The summed E-state index contributed by atoms with van der Waals surface area (Å²) < 4.78 is 5.64. The number of nitrogens with zero attached hydrogens (tertiary/aromatic N) is 1. The van der Waals surface area contributed by atoms with Crippen LogP contribution in [0.15, 0.2) is 0 Å². The van der Waals surface area contributed by atoms with Crippen LogP contribution in [0.2, 0.25) is 0 Å². The van der Waals surface area contributed by atoms with Crippen LogP contribution < -0.4 is 5.32 Å². The molecular formula is C14H28N2O. The first-order chi connectivity index (χ1) is 8.22. The molecule has 2 rings (SSSR count). The minimum atomic E-state index is 0.577. The molecule has 0 aromatic rings. The summed E-state index contributed by atoms with van der Waals surface area (Å²) in [6, 6.07) is 1.38. The van der Waals surface area contributed by atoms with Crippen molar-refractivity contribution in [2.75, 3.05) is 32.8 Å². The first-order valence-corrected chi connectivity index (χ1v) is 7.27. The van der Waals surface area contributed by atoms with E-state index in [4.69, 9.17) is 4.74 Å². The fourth-order valence-electron chi connectivity index (χ4n) is 3.40. The number of rotatable bonds is 5. The van der Waals surface area contributed by atoms with E-state index in [9.17, 15) is 0 Å². The van der Waals surface area contributed by atoms with Gasteiger partial charge in [0.2, 0.25) is 0 Å². The number of nitrogens with one attached hydrogen (secondary N) is 1. The summed E-state index contributed by atoms with van der Waals surface area (Å²) in [5.74, 6) is 1.48. The van der Waals surface area contributed by atoms with Gasteiger partial charge in [-0.1, -0.05) is 20.8 Å². The second kappa shape index (κ2) is 6.17. The third kappa shape index (κ3) is 3.21. The summed E-state index contributed by atoms with van der Waals surface area (Å²) in [5, 5.41) is 3.56. The third-order valence-corrected chi connectivity index (χ3v) is 4.32. The molecule has 2 saturated heterocycles. The van der Waals surface area contributed by atoms with Crippen molar-refractivity contribution in [3.05, 3.63) is 0 Å². The lowest BCUT2D eigenvalue weighted by atomic mass is 9.99. The number of hydrogen-bond donors (Lipinski definition) is 1. The van der Waals surface area contributed by atoms with Crippen molar-refractivity contribution < 1.29 is 4.74 Å². The first kappa shape index (κ1) is 13.3. The molecule has 0 bridgehead atoms. The summed E-state index contributed by atoms with van der Waals surface area (Å²) in [6.45, 7) is 12.3. The Kier molecular flexibility index (Phi) is 4.83. The Morgan fingerprint density at radius 3 is 2.88 bits per heavy atom. The largest absolute Gasteiger partial charge is 0.379 e. The Labute approximate surface area is 106 Å². The Bertz CT molecular complexity index is 232. The van der Waals surface area contributed by atoms with E-state index in [0.717, 1.165) is 31.7 Å². The highest BCUT2D eigenvalue weighted by atomic mass is 16.5. The summed E-state index contributed by atoms with van der Waals surface area (Å²) in [6.07, 6.45) is 2.76. The van der Waals surface area contributed by atoms with Gasteiger partial charge in [-0.2, -0.15) is 0 Å². The highest BCUT2D eigenvalue weighted by Gasteiger charge is 2.33. The molecule has 3 nitrogen and oxygen atoms in total. The van der Waals surface area contributed by atoms with Gasteiger partial charge in [0.15, 0.2) is 0 Å². The molecule has 0 aliphatic carbocycles. The van der Waals surface area contributed by atoms with Gasteiger partial charge in [0.1, 0.15) is 0 Å². The fourth-order valence-corrected chi connectivity index (χ4v) is 3.40. The predicted molar refractivity (Wildman–Crippen MR) is 71.2 cm³/mol. The summed E-state index contributed by atoms with van der Waals surface area (Å²) in [7, 11) is 0. The monoisotopic (exact) mass is 240 g/mol. The van der Waals surface area contributed by atoms with Gasteiger partial charge in [0.05, 0.1) is 13.2 Å². The summed E-state index contributed by atoms with van der Waals surface area (Å²) >= 11 is 0. The second-order valence-corrected chi connectivity index (χ2v) is 5.91. The Balaban J connectivity index is 1.86. The lowest BCUT2D eigenvalue weighted by molar-refractivity contribution is 0.148. The smallest absolute Gasteiger partial charge is 0.0623 e. The van der Waals surface area contributed by atoms with Gasteiger partial charge in [-0.15, -0.1) is 0 Å². The molecule has 3 unspecified atom stereocenters. The van der Waals surface area contributed by atoms with Crippen LogP contribution in [0.25, 0.3) is 0 Å². The molecule has 0 radical (unpaired) electrons. The van der Waals surface area contributed by atoms with E-state index in [-0.39, 0.29) is 0 Å². The molecule has 1 N–H and O–H groups in total. The van der Waals surface area contributed by atoms with Gasteiger partial charge in [-0.3, -0.25) is 4.90 Å². The van der Waals surface area contributed by atoms with Crippen LogP contribution in [0.1, 0.15) is 33.6 Å². The number of likely N-dealkylation sites (N-methyl/N-ethyl adjacent to an activating group) is 1. The molecule has 100 valence electrons. The molecule has 2 aliphatic heterocycles. The van der Waals surface area contributed by atoms with Crippen LogP contribution in [0.3, 0.4) is 0 Å². The zero-order valence-electron chi connectivity index (χ0n) is 11.6. The third-order valence-electron chi connectivity index (χ3n) is 4.32. The van der Waals surface area contributed by atoms with Crippen LogP contribution in [-0.2, 0) is 4.74 Å². The molecule has 17 heavy (non-hydrogen) atoms. The SMILES string of the molecule is CCNC1COCC1CN1CCCC1C(C)C. The number of likely N-dealkylation sites (tertiary alicyclic amines) is 1. The zero-order valence-corrected chi connectivity index (χ0v) is 11.6. The van der Waals surface area contributed by atoms with Crippen LogP contribution in [0.5, 0.6) is 0 Å². The fraction of sp³-hybridized carbons (Fsp3) is 1.00. The van der Waals surface area contributed by atoms with E-state index < -0.39 is 0 Å². The van der Waals surface area contributed by atoms with Crippen molar-refractivity contribution in [3.8, 4) is 0 Å². The van der Waals surface area contributed by atoms with Crippen molar-refractivity contribution >= 4 is 0 Å². The predicted octanol–water partition coefficient (Wildman–Crippen LogP) is 1.73. The van der Waals surface area contributed by atoms with Crippen LogP contribution in [0.4, 0.5) is 0 Å². The van der Waals surface area contributed by atoms with Crippen molar-refractivity contribution in [3.63, 3.8) is 0 Å². The molecule has 2 heterocycles. The van der Waals surface area contributed by atoms with E-state index in [2.05, 4.69) is 31.0 Å². The number of hydrogen-bond acceptors (Lipinski definition) is 3. The molecule has 0 aromatic carbocycles. The molecule has 0 aromatic heterocycles. The quantitative estimate of drug-likeness (QED) is 0.792. The molecular weight excluding hydrogens is 212 g/mol. The van der Waals surface area contributed by atoms with E-state index in [1.54, 1.807) is 0 Å². The Morgan fingerprint density at radius 1 is 1.35 bits per heavy atom. The molecule has 0 spiro atoms. The maximum absolute atomic E-state index is 5.64. The molecule has 2 fully saturated rings. The normalized spacial score (nSPS) is 34.9. The van der Waals surface area contributed by atoms with Gasteiger partial charge in [0, 0.05) is 24.5 Å². The first-order valence-electron chi connectivity index (χ1n) is 7.27. The maximum atomic E-state index is 5.64. The summed E-state index contributed by atoms with van der Waals surface area (Å²) in [4.78, 5) is 2.70. The topological polar surface area (TPSA) is 24.5 Å². The molecule has 3 atom stereocenters. The standard InChI is InChI=1S/C14H28N2O/c1-4-15-13-10-17-9-12(13)8-16-7-5-6-14(16)11(2)3/h11-15H,4-10H2,1-3H3. The maximum Gasteiger partial charge on any atom is 0.0623 e. The zero-order chi connectivity index (χ0) is 12.3. The Hall–Kier alpha value is -0.120. The molecule has 3 heteroatoms. The lowest BCUT2D eigenvalue weighted by Crippen LogP contribution is -2.44. The summed E-state index contributed by atoms with van der Waals surface area (Å²) in [5.41, 5.74) is 0. The van der Waals surface area contributed by atoms with E-state index in [1.807, 2.05) is 0 Å². The van der Waals surface area contributed by atoms with Crippen LogP contribution >= 0.6 is 0 Å². The molecule has 0 amide bonds. The van der Waals surface area contributed by atoms with Crippen LogP contribution in [0, 0.1) is 11.8 Å². The Morgan fingerprint density at radius 2 is 2.18 bits per heavy atom. The van der Waals surface area contributed by atoms with Gasteiger partial charge in [0.25, 0.3) is 0 Å². The van der Waals surface area contributed by atoms with Gasteiger partial charge < -0.3 is 10.1 Å². The van der Waals surface area contributed by atoms with Crippen molar-refractivity contribution in [1.29, 1.82) is 0 Å². The van der Waals surface area contributed by atoms with E-state index in [0.29, 0.717) is 12.0 Å². The van der Waals surface area contributed by atoms with Crippen molar-refractivity contribution in [2.45, 2.75) is 45.7 Å². The molecule has 0 saturated carbocycles. The van der Waals surface area contributed by atoms with E-state index >= 15 is 0 Å². The molecule has 2 aliphatic rings. The van der Waals surface area contributed by atoms with E-state index in [1.165, 1.54) is 25.9 Å². The average Bonchev–Trinajstić information content (AvgIpc) is 2.89. The highest BCUT2D eigenvalue weighted by molar-refractivity contribution is 4.88. The van der Waals surface area contributed by atoms with Gasteiger partial charge in [-0.05, 0) is 31.8 Å². The van der Waals surface area contributed by atoms with Crippen molar-refractivity contribution in [2.24, 2.45) is 11.8 Å². The van der Waals surface area contributed by atoms with Gasteiger partial charge >= 0.3 is 0 Å². The van der Waals surface area contributed by atoms with Crippen molar-refractivity contribution in [1.82, 2.24) is 10.2 Å². The van der Waals surface area contributed by atoms with Crippen LogP contribution in [-0.4, -0.2) is 49.8 Å². The lowest BCUT2D eigenvalue weighted by Gasteiger charge is -2.31. The minimum absolute atomic E-state index is 0.577. The second-order valence-electron chi connectivity index (χ2n) is 5.91. The van der Waals surface area contributed by atoms with Gasteiger partial charge in [-0.25, -0.2) is 0 Å².